The van der Waals surface area contributed by atoms with Crippen molar-refractivity contribution in [3.05, 3.63) is 12.5 Å². The Morgan fingerprint density at radius 3 is 3.12 bits per heavy atom. The first-order valence-electron chi connectivity index (χ1n) is 5.40. The number of nitrogens with zero attached hydrogens (tertiary/aromatic N) is 5. The van der Waals surface area contributed by atoms with Crippen molar-refractivity contribution in [2.75, 3.05) is 24.5 Å². The maximum atomic E-state index is 11.4. The molecule has 17 heavy (non-hydrogen) atoms. The summed E-state index contributed by atoms with van der Waals surface area (Å²) in [5.41, 5.74) is 0.779. The molecule has 2 aromatic rings. The first kappa shape index (κ1) is 10.0. The van der Waals surface area contributed by atoms with Gasteiger partial charge in [-0.2, -0.15) is 5.10 Å². The molecule has 7 heteroatoms. The highest BCUT2D eigenvalue weighted by Crippen LogP contribution is 2.22. The molecule has 3 heterocycles. The van der Waals surface area contributed by atoms with Gasteiger partial charge in [-0.05, 0) is 0 Å². The van der Waals surface area contributed by atoms with Crippen molar-refractivity contribution in [3.63, 3.8) is 0 Å². The van der Waals surface area contributed by atoms with Crippen molar-refractivity contribution in [3.8, 4) is 0 Å². The lowest BCUT2D eigenvalue weighted by molar-refractivity contribution is -0.120. The number of aromatic nitrogens is 4. The maximum absolute atomic E-state index is 11.4. The van der Waals surface area contributed by atoms with Gasteiger partial charge < -0.3 is 10.2 Å². The van der Waals surface area contributed by atoms with Crippen LogP contribution in [0.1, 0.15) is 0 Å². The number of piperazine rings is 1. The van der Waals surface area contributed by atoms with E-state index in [1.54, 1.807) is 10.9 Å². The summed E-state index contributed by atoms with van der Waals surface area (Å²) in [4.78, 5) is 21.8. The summed E-state index contributed by atoms with van der Waals surface area (Å²) >= 11 is 0. The van der Waals surface area contributed by atoms with Crippen LogP contribution >= 0.6 is 0 Å². The van der Waals surface area contributed by atoms with Crippen molar-refractivity contribution in [2.24, 2.45) is 7.05 Å². The highest BCUT2D eigenvalue weighted by Gasteiger charge is 2.20. The number of anilines is 1. The van der Waals surface area contributed by atoms with Gasteiger partial charge in [0.1, 0.15) is 12.1 Å². The lowest BCUT2D eigenvalue weighted by Gasteiger charge is -2.27. The number of rotatable bonds is 1. The van der Waals surface area contributed by atoms with Crippen LogP contribution in [0, 0.1) is 0 Å². The van der Waals surface area contributed by atoms with Gasteiger partial charge in [-0.25, -0.2) is 9.97 Å². The molecule has 3 rings (SSSR count). The van der Waals surface area contributed by atoms with Gasteiger partial charge in [0.2, 0.25) is 5.91 Å². The Labute approximate surface area is 97.4 Å². The zero-order valence-corrected chi connectivity index (χ0v) is 9.42. The Bertz CT molecular complexity index is 577. The number of hydrogen-bond acceptors (Lipinski definition) is 5. The Balaban J connectivity index is 2.07. The van der Waals surface area contributed by atoms with E-state index in [0.717, 1.165) is 23.4 Å². The summed E-state index contributed by atoms with van der Waals surface area (Å²) in [5, 5.41) is 7.83. The van der Waals surface area contributed by atoms with Gasteiger partial charge in [0.25, 0.3) is 0 Å². The third-order valence-corrected chi connectivity index (χ3v) is 2.85. The summed E-state index contributed by atoms with van der Waals surface area (Å²) in [6, 6.07) is 0. The topological polar surface area (TPSA) is 75.9 Å². The van der Waals surface area contributed by atoms with Crippen LogP contribution in [-0.4, -0.2) is 45.3 Å². The normalized spacial score (nSPS) is 16.3. The highest BCUT2D eigenvalue weighted by molar-refractivity contribution is 5.90. The molecule has 0 aromatic carbocycles. The van der Waals surface area contributed by atoms with Gasteiger partial charge >= 0.3 is 0 Å². The second-order valence-electron chi connectivity index (χ2n) is 3.97. The molecule has 0 atom stereocenters. The first-order chi connectivity index (χ1) is 8.25. The van der Waals surface area contributed by atoms with Crippen LogP contribution in [0.2, 0.25) is 0 Å². The summed E-state index contributed by atoms with van der Waals surface area (Å²) < 4.78 is 1.70. The molecule has 1 N–H and O–H groups in total. The SMILES string of the molecule is Cn1ncc2c(N3CCNC(=O)C3)ncnc21. The van der Waals surface area contributed by atoms with Crippen molar-refractivity contribution >= 4 is 22.8 Å². The minimum Gasteiger partial charge on any atom is -0.353 e. The third-order valence-electron chi connectivity index (χ3n) is 2.85. The number of amides is 1. The first-order valence-corrected chi connectivity index (χ1v) is 5.40. The molecule has 1 saturated heterocycles. The van der Waals surface area contributed by atoms with E-state index >= 15 is 0 Å². The molecule has 1 aliphatic rings. The molecule has 1 aliphatic heterocycles. The molecule has 0 radical (unpaired) electrons. The van der Waals surface area contributed by atoms with Gasteiger partial charge in [0.05, 0.1) is 18.1 Å². The Morgan fingerprint density at radius 1 is 1.41 bits per heavy atom. The van der Waals surface area contributed by atoms with Gasteiger partial charge in [-0.3, -0.25) is 9.48 Å². The standard InChI is InChI=1S/C10H12N6O/c1-15-9-7(4-14-15)10(13-6-12-9)16-3-2-11-8(17)5-16/h4,6H,2-3,5H2,1H3,(H,11,17). The van der Waals surface area contributed by atoms with Gasteiger partial charge in [-0.15, -0.1) is 0 Å². The van der Waals surface area contributed by atoms with Crippen molar-refractivity contribution < 1.29 is 4.79 Å². The van der Waals surface area contributed by atoms with Gasteiger partial charge in [0, 0.05) is 20.1 Å². The lowest BCUT2D eigenvalue weighted by Crippen LogP contribution is -2.48. The number of carbonyl (C=O) groups is 1. The van der Waals surface area contributed by atoms with Crippen LogP contribution in [-0.2, 0) is 11.8 Å². The quantitative estimate of drug-likeness (QED) is 0.703. The summed E-state index contributed by atoms with van der Waals surface area (Å²) in [5.74, 6) is 0.796. The average Bonchev–Trinajstić information content (AvgIpc) is 2.71. The van der Waals surface area contributed by atoms with E-state index in [-0.39, 0.29) is 5.91 Å². The zero-order chi connectivity index (χ0) is 11.8. The smallest absolute Gasteiger partial charge is 0.239 e. The molecular formula is C10H12N6O. The second kappa shape index (κ2) is 3.69. The van der Waals surface area contributed by atoms with Crippen LogP contribution in [0.15, 0.2) is 12.5 Å². The Hall–Kier alpha value is -2.18. The summed E-state index contributed by atoms with van der Waals surface area (Å²) in [7, 11) is 1.84. The van der Waals surface area contributed by atoms with Crippen LogP contribution in [0.3, 0.4) is 0 Å². The third kappa shape index (κ3) is 1.59. The minimum absolute atomic E-state index is 0.0203. The molecule has 0 spiro atoms. The lowest BCUT2D eigenvalue weighted by atomic mass is 10.3. The molecule has 0 aliphatic carbocycles. The fourth-order valence-corrected chi connectivity index (χ4v) is 2.02. The number of fused-ring (bicyclic) bond motifs is 1. The van der Waals surface area contributed by atoms with Crippen molar-refractivity contribution in [1.82, 2.24) is 25.1 Å². The Kier molecular flexibility index (Phi) is 2.17. The van der Waals surface area contributed by atoms with E-state index in [4.69, 9.17) is 0 Å². The molecule has 88 valence electrons. The van der Waals surface area contributed by atoms with Crippen LogP contribution in [0.4, 0.5) is 5.82 Å². The average molecular weight is 232 g/mol. The van der Waals surface area contributed by atoms with E-state index in [9.17, 15) is 4.79 Å². The highest BCUT2D eigenvalue weighted by atomic mass is 16.2. The molecule has 0 saturated carbocycles. The fourth-order valence-electron chi connectivity index (χ4n) is 2.02. The molecule has 2 aromatic heterocycles. The largest absolute Gasteiger partial charge is 0.353 e. The number of hydrogen-bond donors (Lipinski definition) is 1. The second-order valence-corrected chi connectivity index (χ2v) is 3.97. The van der Waals surface area contributed by atoms with E-state index < -0.39 is 0 Å². The van der Waals surface area contributed by atoms with Gasteiger partial charge in [0.15, 0.2) is 5.65 Å². The fraction of sp³-hybridized carbons (Fsp3) is 0.400. The zero-order valence-electron chi connectivity index (χ0n) is 9.42. The minimum atomic E-state index is 0.0203. The van der Waals surface area contributed by atoms with Crippen LogP contribution in [0.25, 0.3) is 11.0 Å². The summed E-state index contributed by atoms with van der Waals surface area (Å²) in [6.45, 7) is 1.73. The number of carbonyl (C=O) groups excluding carboxylic acids is 1. The predicted molar refractivity (Wildman–Crippen MR) is 61.5 cm³/mol. The Morgan fingerprint density at radius 2 is 2.29 bits per heavy atom. The van der Waals surface area contributed by atoms with Gasteiger partial charge in [-0.1, -0.05) is 0 Å². The molecule has 1 fully saturated rings. The molecule has 1 amide bonds. The molecule has 0 unspecified atom stereocenters. The number of aryl methyl sites for hydroxylation is 1. The summed E-state index contributed by atoms with van der Waals surface area (Å²) in [6.07, 6.45) is 3.24. The van der Waals surface area contributed by atoms with E-state index in [1.165, 1.54) is 6.33 Å². The molecule has 0 bridgehead atoms. The van der Waals surface area contributed by atoms with Crippen molar-refractivity contribution in [2.45, 2.75) is 0 Å². The molecule has 7 nitrogen and oxygen atoms in total. The number of nitrogens with one attached hydrogen (secondary N) is 1. The van der Waals surface area contributed by atoms with E-state index in [2.05, 4.69) is 20.4 Å². The van der Waals surface area contributed by atoms with Crippen LogP contribution in [0.5, 0.6) is 0 Å². The monoisotopic (exact) mass is 232 g/mol. The van der Waals surface area contributed by atoms with E-state index in [0.29, 0.717) is 13.1 Å². The van der Waals surface area contributed by atoms with E-state index in [1.807, 2.05) is 11.9 Å². The molecular weight excluding hydrogens is 220 g/mol. The van der Waals surface area contributed by atoms with Crippen molar-refractivity contribution in [1.29, 1.82) is 0 Å². The predicted octanol–water partition coefficient (Wildman–Crippen LogP) is -0.701. The van der Waals surface area contributed by atoms with Crippen LogP contribution < -0.4 is 10.2 Å². The maximum Gasteiger partial charge on any atom is 0.239 e.